The zero-order valence-corrected chi connectivity index (χ0v) is 10.2. The Balaban J connectivity index is 3.02. The fraction of sp³-hybridized carbons (Fsp3) is 0.545. The van der Waals surface area contributed by atoms with Crippen molar-refractivity contribution in [3.63, 3.8) is 0 Å². The van der Waals surface area contributed by atoms with E-state index in [2.05, 4.69) is 17.0 Å². The van der Waals surface area contributed by atoms with Crippen molar-refractivity contribution in [3.8, 4) is 5.88 Å². The Morgan fingerprint density at radius 1 is 1.69 bits per heavy atom. The van der Waals surface area contributed by atoms with E-state index in [0.29, 0.717) is 13.1 Å². The third kappa shape index (κ3) is 2.43. The normalized spacial score (nSPS) is 12.5. The maximum absolute atomic E-state index is 5.76. The molecule has 0 amide bonds. The molecule has 1 unspecified atom stereocenters. The number of methoxy groups -OCH3 is 1. The number of hydrogen-bond donors (Lipinski definition) is 2. The third-order valence-corrected chi connectivity index (χ3v) is 2.50. The summed E-state index contributed by atoms with van der Waals surface area (Å²) in [6.07, 6.45) is 1.81. The van der Waals surface area contributed by atoms with Gasteiger partial charge in [0, 0.05) is 20.1 Å². The van der Waals surface area contributed by atoms with Gasteiger partial charge in [-0.3, -0.25) is 0 Å². The molecule has 1 heterocycles. The minimum Gasteiger partial charge on any atom is -0.481 e. The van der Waals surface area contributed by atoms with E-state index in [1.54, 1.807) is 17.9 Å². The molecule has 1 aromatic rings. The van der Waals surface area contributed by atoms with Gasteiger partial charge in [-0.15, -0.1) is 6.58 Å². The van der Waals surface area contributed by atoms with Crippen LogP contribution in [0.5, 0.6) is 5.88 Å². The van der Waals surface area contributed by atoms with Gasteiger partial charge in [0.05, 0.1) is 24.4 Å². The minimum atomic E-state index is 0.0432. The van der Waals surface area contributed by atoms with Gasteiger partial charge in [-0.25, -0.2) is 4.68 Å². The maximum atomic E-state index is 5.76. The molecule has 0 aliphatic rings. The number of aromatic nitrogens is 2. The molecule has 5 nitrogen and oxygen atoms in total. The molecular formula is C11H20N4O. The first-order valence-electron chi connectivity index (χ1n) is 5.27. The fourth-order valence-electron chi connectivity index (χ4n) is 1.83. The van der Waals surface area contributed by atoms with E-state index in [9.17, 15) is 0 Å². The Kier molecular flexibility index (Phi) is 4.52. The molecule has 0 saturated carbocycles. The lowest BCUT2D eigenvalue weighted by atomic mass is 10.1. The maximum Gasteiger partial charge on any atom is 0.216 e. The van der Waals surface area contributed by atoms with Crippen LogP contribution in [-0.2, 0) is 7.05 Å². The third-order valence-electron chi connectivity index (χ3n) is 2.50. The van der Waals surface area contributed by atoms with E-state index in [1.807, 2.05) is 14.0 Å². The summed E-state index contributed by atoms with van der Waals surface area (Å²) in [5.41, 5.74) is 7.72. The smallest absolute Gasteiger partial charge is 0.216 e. The quantitative estimate of drug-likeness (QED) is 0.691. The van der Waals surface area contributed by atoms with E-state index in [4.69, 9.17) is 10.5 Å². The molecule has 5 heteroatoms. The Hall–Kier alpha value is -1.33. The summed E-state index contributed by atoms with van der Waals surface area (Å²) in [7, 11) is 3.50. The molecule has 0 saturated heterocycles. The van der Waals surface area contributed by atoms with Crippen molar-refractivity contribution in [3.05, 3.63) is 23.9 Å². The zero-order valence-electron chi connectivity index (χ0n) is 10.2. The molecule has 1 rings (SSSR count). The van der Waals surface area contributed by atoms with Crippen molar-refractivity contribution in [2.45, 2.75) is 13.0 Å². The van der Waals surface area contributed by atoms with Gasteiger partial charge in [-0.1, -0.05) is 6.08 Å². The van der Waals surface area contributed by atoms with Gasteiger partial charge in [0.15, 0.2) is 0 Å². The molecule has 0 fully saturated rings. The Bertz CT molecular complexity index is 359. The van der Waals surface area contributed by atoms with Crippen molar-refractivity contribution in [1.82, 2.24) is 15.1 Å². The molecule has 90 valence electrons. The molecular weight excluding hydrogens is 204 g/mol. The second-order valence-corrected chi connectivity index (χ2v) is 3.62. The predicted octanol–water partition coefficient (Wildman–Crippen LogP) is 0.513. The highest BCUT2D eigenvalue weighted by molar-refractivity contribution is 5.34. The molecule has 0 radical (unpaired) electrons. The van der Waals surface area contributed by atoms with Gasteiger partial charge >= 0.3 is 0 Å². The van der Waals surface area contributed by atoms with Gasteiger partial charge in [0.2, 0.25) is 5.88 Å². The van der Waals surface area contributed by atoms with Crippen LogP contribution in [0, 0.1) is 6.92 Å². The summed E-state index contributed by atoms with van der Waals surface area (Å²) in [6, 6.07) is 0.0432. The van der Waals surface area contributed by atoms with E-state index >= 15 is 0 Å². The lowest BCUT2D eigenvalue weighted by molar-refractivity contribution is 0.363. The first kappa shape index (κ1) is 12.7. The standard InChI is InChI=1S/C11H20N4O/c1-5-6-13-9(7-12)10-8(2)14-15(3)11(10)16-4/h5,9,13H,1,6-7,12H2,2-4H3. The van der Waals surface area contributed by atoms with E-state index in [0.717, 1.165) is 17.1 Å². The van der Waals surface area contributed by atoms with E-state index < -0.39 is 0 Å². The zero-order chi connectivity index (χ0) is 12.1. The summed E-state index contributed by atoms with van der Waals surface area (Å²) in [5.74, 6) is 0.754. The van der Waals surface area contributed by atoms with Crippen molar-refractivity contribution in [1.29, 1.82) is 0 Å². The molecule has 0 aliphatic heterocycles. The highest BCUT2D eigenvalue weighted by Crippen LogP contribution is 2.27. The van der Waals surface area contributed by atoms with Crippen molar-refractivity contribution < 1.29 is 4.74 Å². The minimum absolute atomic E-state index is 0.0432. The summed E-state index contributed by atoms with van der Waals surface area (Å²) in [4.78, 5) is 0. The van der Waals surface area contributed by atoms with Crippen LogP contribution in [0.3, 0.4) is 0 Å². The summed E-state index contributed by atoms with van der Waals surface area (Å²) >= 11 is 0. The van der Waals surface area contributed by atoms with Gasteiger partial charge < -0.3 is 15.8 Å². The molecule has 16 heavy (non-hydrogen) atoms. The number of ether oxygens (including phenoxy) is 1. The predicted molar refractivity (Wildman–Crippen MR) is 64.5 cm³/mol. The van der Waals surface area contributed by atoms with Crippen LogP contribution in [0.15, 0.2) is 12.7 Å². The van der Waals surface area contributed by atoms with Gasteiger partial charge in [0.25, 0.3) is 0 Å². The number of aryl methyl sites for hydroxylation is 2. The van der Waals surface area contributed by atoms with Crippen LogP contribution in [-0.4, -0.2) is 30.0 Å². The fourth-order valence-corrected chi connectivity index (χ4v) is 1.83. The number of nitrogens with two attached hydrogens (primary N) is 1. The van der Waals surface area contributed by atoms with Gasteiger partial charge in [0.1, 0.15) is 0 Å². The Labute approximate surface area is 96.3 Å². The molecule has 0 spiro atoms. The molecule has 1 atom stereocenters. The molecule has 0 aromatic carbocycles. The monoisotopic (exact) mass is 224 g/mol. The Morgan fingerprint density at radius 2 is 2.38 bits per heavy atom. The highest BCUT2D eigenvalue weighted by Gasteiger charge is 2.21. The highest BCUT2D eigenvalue weighted by atomic mass is 16.5. The topological polar surface area (TPSA) is 65.1 Å². The molecule has 3 N–H and O–H groups in total. The average molecular weight is 224 g/mol. The van der Waals surface area contributed by atoms with Crippen LogP contribution in [0.1, 0.15) is 17.3 Å². The first-order chi connectivity index (χ1) is 7.65. The summed E-state index contributed by atoms with van der Waals surface area (Å²) in [6.45, 7) is 6.83. The van der Waals surface area contributed by atoms with Crippen molar-refractivity contribution in [2.75, 3.05) is 20.2 Å². The van der Waals surface area contributed by atoms with Crippen LogP contribution in [0.2, 0.25) is 0 Å². The van der Waals surface area contributed by atoms with Gasteiger partial charge in [-0.05, 0) is 6.92 Å². The summed E-state index contributed by atoms with van der Waals surface area (Å²) < 4.78 is 7.06. The second-order valence-electron chi connectivity index (χ2n) is 3.62. The van der Waals surface area contributed by atoms with Crippen LogP contribution in [0.4, 0.5) is 0 Å². The van der Waals surface area contributed by atoms with Gasteiger partial charge in [-0.2, -0.15) is 5.10 Å². The lowest BCUT2D eigenvalue weighted by Gasteiger charge is -2.16. The number of nitrogens with one attached hydrogen (secondary N) is 1. The van der Waals surface area contributed by atoms with Crippen LogP contribution in [0.25, 0.3) is 0 Å². The second kappa shape index (κ2) is 5.67. The largest absolute Gasteiger partial charge is 0.481 e. The average Bonchev–Trinajstić information content (AvgIpc) is 2.55. The molecule has 0 bridgehead atoms. The summed E-state index contributed by atoms with van der Waals surface area (Å²) in [5, 5.41) is 7.62. The first-order valence-corrected chi connectivity index (χ1v) is 5.27. The van der Waals surface area contributed by atoms with Crippen molar-refractivity contribution >= 4 is 0 Å². The van der Waals surface area contributed by atoms with Crippen molar-refractivity contribution in [2.24, 2.45) is 12.8 Å². The SMILES string of the molecule is C=CCNC(CN)c1c(C)nn(C)c1OC. The molecule has 1 aromatic heterocycles. The van der Waals surface area contributed by atoms with Crippen LogP contribution >= 0.6 is 0 Å². The Morgan fingerprint density at radius 3 is 2.88 bits per heavy atom. The van der Waals surface area contributed by atoms with E-state index in [-0.39, 0.29) is 6.04 Å². The lowest BCUT2D eigenvalue weighted by Crippen LogP contribution is -2.29. The molecule has 0 aliphatic carbocycles. The number of hydrogen-bond acceptors (Lipinski definition) is 4. The number of nitrogens with zero attached hydrogens (tertiary/aromatic N) is 2. The number of rotatable bonds is 6. The van der Waals surface area contributed by atoms with Crippen LogP contribution < -0.4 is 15.8 Å². The van der Waals surface area contributed by atoms with E-state index in [1.165, 1.54) is 0 Å².